The fourth-order valence-corrected chi connectivity index (χ4v) is 8.41. The Kier molecular flexibility index (Phi) is 28.7. The number of aromatic hydroxyl groups is 1. The van der Waals surface area contributed by atoms with Gasteiger partial charge in [-0.05, 0) is 86.3 Å². The summed E-state index contributed by atoms with van der Waals surface area (Å²) in [6.45, 7) is 3.05. The lowest BCUT2D eigenvalue weighted by molar-refractivity contribution is -0.140. The van der Waals surface area contributed by atoms with Crippen LogP contribution in [-0.2, 0) is 72.0 Å². The molecule has 0 aliphatic rings. The third kappa shape index (κ3) is 24.7. The van der Waals surface area contributed by atoms with E-state index in [0.29, 0.717) is 35.4 Å². The molecule has 1 aromatic heterocycles. The van der Waals surface area contributed by atoms with E-state index in [1.807, 2.05) is 0 Å². The highest BCUT2D eigenvalue weighted by atomic mass is 32.2. The van der Waals surface area contributed by atoms with Crippen molar-refractivity contribution in [2.75, 3.05) is 25.1 Å². The van der Waals surface area contributed by atoms with Crippen LogP contribution in [0, 0.1) is 5.92 Å². The summed E-state index contributed by atoms with van der Waals surface area (Å²) in [5, 5.41) is 48.6. The first-order valence-electron chi connectivity index (χ1n) is 25.9. The van der Waals surface area contributed by atoms with Crippen LogP contribution in [0.25, 0.3) is 0 Å². The van der Waals surface area contributed by atoms with Gasteiger partial charge in [-0.3, -0.25) is 52.7 Å². The van der Waals surface area contributed by atoms with Crippen molar-refractivity contribution in [3.05, 3.63) is 83.9 Å². The van der Waals surface area contributed by atoms with Crippen molar-refractivity contribution in [2.24, 2.45) is 23.1 Å². The Balaban J connectivity index is 1.85. The van der Waals surface area contributed by atoms with Crippen LogP contribution < -0.4 is 59.7 Å². The topological polar surface area (TPSA) is 451 Å². The van der Waals surface area contributed by atoms with Crippen LogP contribution in [-0.4, -0.2) is 164 Å². The molecule has 3 aromatic rings. The molecule has 8 atom stereocenters. The molecular formula is C52H75N13O14S. The molecule has 28 heteroatoms. The Morgan fingerprint density at radius 3 is 1.70 bits per heavy atom. The van der Waals surface area contributed by atoms with E-state index in [-0.39, 0.29) is 56.7 Å². The summed E-state index contributed by atoms with van der Waals surface area (Å²) in [6.07, 6.45) is 3.25. The number of thioether (sulfide) groups is 1. The Labute approximate surface area is 466 Å². The number of H-pyrrole nitrogens is 1. The molecule has 1 heterocycles. The predicted octanol–water partition coefficient (Wildman–Crippen LogP) is -2.27. The number of aromatic amines is 1. The number of aliphatic carboxylic acids is 2. The van der Waals surface area contributed by atoms with Gasteiger partial charge in [0.2, 0.25) is 53.2 Å². The minimum Gasteiger partial charge on any atom is -0.508 e. The number of nitrogens with two attached hydrogens (primary N) is 3. The summed E-state index contributed by atoms with van der Waals surface area (Å²) in [4.78, 5) is 152. The maximum absolute atomic E-state index is 14.3. The average molecular weight is 1140 g/mol. The molecule has 0 spiro atoms. The van der Waals surface area contributed by atoms with Crippen molar-refractivity contribution in [2.45, 2.75) is 133 Å². The first-order chi connectivity index (χ1) is 38.0. The molecule has 0 fully saturated rings. The van der Waals surface area contributed by atoms with Crippen LogP contribution in [0.2, 0.25) is 0 Å². The summed E-state index contributed by atoms with van der Waals surface area (Å²) >= 11 is 1.37. The van der Waals surface area contributed by atoms with Crippen molar-refractivity contribution < 1.29 is 68.1 Å². The maximum atomic E-state index is 14.3. The Bertz CT molecular complexity index is 2540. The van der Waals surface area contributed by atoms with Gasteiger partial charge in [0, 0.05) is 37.6 Å². The zero-order valence-electron chi connectivity index (χ0n) is 44.9. The lowest BCUT2D eigenvalue weighted by atomic mass is 9.99. The third-order valence-corrected chi connectivity index (χ3v) is 12.8. The molecule has 2 aromatic carbocycles. The van der Waals surface area contributed by atoms with E-state index in [4.69, 9.17) is 22.3 Å². The summed E-state index contributed by atoms with van der Waals surface area (Å²) < 4.78 is 0. The number of hydrogen-bond donors (Lipinski definition) is 15. The number of rotatable bonds is 37. The van der Waals surface area contributed by atoms with E-state index in [9.17, 15) is 63.0 Å². The maximum Gasteiger partial charge on any atom is 0.305 e. The van der Waals surface area contributed by atoms with Crippen LogP contribution in [0.15, 0.2) is 67.1 Å². The molecule has 8 unspecified atom stereocenters. The van der Waals surface area contributed by atoms with E-state index >= 15 is 0 Å². The monoisotopic (exact) mass is 1140 g/mol. The minimum absolute atomic E-state index is 0.0107. The van der Waals surface area contributed by atoms with E-state index < -0.39 is 139 Å². The standard InChI is InChI=1S/C52H75N13O14S/c1-29(2)21-39(50(77)65-40(23-31-12-14-33(66)15-13-31)51(78)63-38(45(55)72)22-30-9-5-4-6-10-30)64-49(76)37(18-20-80-3)62-48(75)35(11-7-8-19-53)61-52(79)41(24-32-26-56-28-58-32)59-42(67)27-57-47(74)36(16-17-43(68)69)60-46(73)34(54)25-44(70)71/h4-6,9-10,12-15,26,28-29,34-41,66H,7-8,11,16-25,27,53-54H2,1-3H3,(H2,55,72)(H,56,58)(H,57,74)(H,59,67)(H,60,73)(H,61,79)(H,62,75)(H,63,78)(H,64,76)(H,65,77)(H,68,69)(H,70,71). The van der Waals surface area contributed by atoms with Crippen LogP contribution in [0.1, 0.15) is 82.0 Å². The number of imidazole rings is 1. The molecule has 0 aliphatic carbocycles. The average Bonchev–Trinajstić information content (AvgIpc) is 3.92. The smallest absolute Gasteiger partial charge is 0.305 e. The summed E-state index contributed by atoms with van der Waals surface area (Å²) in [5.41, 5.74) is 18.7. The number of aromatic nitrogens is 2. The number of unbranched alkanes of at least 4 members (excludes halogenated alkanes) is 1. The van der Waals surface area contributed by atoms with E-state index in [0.717, 1.165) is 0 Å². The normalized spacial score (nSPS) is 14.0. The van der Waals surface area contributed by atoms with Crippen molar-refractivity contribution in [3.63, 3.8) is 0 Å². The van der Waals surface area contributed by atoms with Crippen LogP contribution in [0.4, 0.5) is 0 Å². The number of carboxylic acid groups (broad SMARTS) is 2. The molecule has 0 saturated heterocycles. The number of phenolic OH excluding ortho intramolecular Hbond substituents is 1. The van der Waals surface area contributed by atoms with Gasteiger partial charge in [0.1, 0.15) is 48.0 Å². The van der Waals surface area contributed by atoms with Crippen LogP contribution >= 0.6 is 11.8 Å². The van der Waals surface area contributed by atoms with Crippen molar-refractivity contribution in [3.8, 4) is 5.75 Å². The zero-order valence-corrected chi connectivity index (χ0v) is 45.7. The van der Waals surface area contributed by atoms with Gasteiger partial charge in [-0.15, -0.1) is 0 Å². The van der Waals surface area contributed by atoms with Crippen molar-refractivity contribution in [1.29, 1.82) is 0 Å². The number of primary amides is 1. The SMILES string of the molecule is CSCCC(NC(=O)C(CCCCN)NC(=O)C(Cc1cnc[nH]1)NC(=O)CNC(=O)C(CCC(=O)O)NC(=O)C(N)CC(=O)O)C(=O)NC(CC(C)C)C(=O)NC(Cc1ccc(O)cc1)C(=O)NC(Cc1ccccc1)C(N)=O. The quantitative estimate of drug-likeness (QED) is 0.0271. The Morgan fingerprint density at radius 2 is 1.14 bits per heavy atom. The molecule has 0 bridgehead atoms. The van der Waals surface area contributed by atoms with E-state index in [2.05, 4.69) is 52.5 Å². The fourth-order valence-electron chi connectivity index (χ4n) is 7.94. The zero-order chi connectivity index (χ0) is 59.3. The molecule has 438 valence electrons. The molecule has 27 nitrogen and oxygen atoms in total. The number of amides is 9. The van der Waals surface area contributed by atoms with Gasteiger partial charge in [0.25, 0.3) is 0 Å². The fraction of sp³-hybridized carbons (Fsp3) is 0.500. The number of carbonyl (C=O) groups excluding carboxylic acids is 9. The van der Waals surface area contributed by atoms with Crippen LogP contribution in [0.5, 0.6) is 5.75 Å². The minimum atomic E-state index is -1.58. The summed E-state index contributed by atoms with van der Waals surface area (Å²) in [5.74, 6) is -10.4. The number of nitrogens with one attached hydrogen (secondary N) is 9. The molecule has 9 amide bonds. The molecule has 0 radical (unpaired) electrons. The number of carbonyl (C=O) groups is 11. The number of carboxylic acids is 2. The second kappa shape index (κ2) is 34.7. The highest BCUT2D eigenvalue weighted by Gasteiger charge is 2.34. The molecule has 3 rings (SSSR count). The summed E-state index contributed by atoms with van der Waals surface area (Å²) in [7, 11) is 0. The molecule has 18 N–H and O–H groups in total. The van der Waals surface area contributed by atoms with Crippen molar-refractivity contribution >= 4 is 76.9 Å². The van der Waals surface area contributed by atoms with Gasteiger partial charge in [0.15, 0.2) is 0 Å². The first kappa shape index (κ1) is 66.2. The number of nitrogens with zero attached hydrogens (tertiary/aromatic N) is 1. The second-order valence-corrected chi connectivity index (χ2v) is 20.3. The predicted molar refractivity (Wildman–Crippen MR) is 292 cm³/mol. The summed E-state index contributed by atoms with van der Waals surface area (Å²) in [6, 6.07) is 3.81. The van der Waals surface area contributed by atoms with Crippen LogP contribution in [0.3, 0.4) is 0 Å². The molecule has 0 aliphatic heterocycles. The van der Waals surface area contributed by atoms with Crippen molar-refractivity contribution in [1.82, 2.24) is 52.5 Å². The number of hydrogen-bond acceptors (Lipinski definition) is 16. The highest BCUT2D eigenvalue weighted by molar-refractivity contribution is 7.98. The van der Waals surface area contributed by atoms with Gasteiger partial charge >= 0.3 is 11.9 Å². The Morgan fingerprint density at radius 1 is 0.613 bits per heavy atom. The number of benzene rings is 2. The Hall–Kier alpha value is -8.11. The van der Waals surface area contributed by atoms with Gasteiger partial charge < -0.3 is 80.0 Å². The van der Waals surface area contributed by atoms with E-state index in [1.54, 1.807) is 62.6 Å². The lowest BCUT2D eigenvalue weighted by Crippen LogP contribution is -2.60. The molecule has 0 saturated carbocycles. The molecular weight excluding hydrogens is 1060 g/mol. The van der Waals surface area contributed by atoms with Gasteiger partial charge in [-0.2, -0.15) is 11.8 Å². The second-order valence-electron chi connectivity index (χ2n) is 19.3. The van der Waals surface area contributed by atoms with Gasteiger partial charge in [-0.25, -0.2) is 4.98 Å². The van der Waals surface area contributed by atoms with Gasteiger partial charge in [0.05, 0.1) is 25.3 Å². The molecule has 80 heavy (non-hydrogen) atoms. The largest absolute Gasteiger partial charge is 0.508 e. The number of phenols is 1. The first-order valence-corrected chi connectivity index (χ1v) is 27.2. The highest BCUT2D eigenvalue weighted by Crippen LogP contribution is 2.15. The van der Waals surface area contributed by atoms with E-state index in [1.165, 1.54) is 36.4 Å². The third-order valence-electron chi connectivity index (χ3n) is 12.2. The lowest BCUT2D eigenvalue weighted by Gasteiger charge is -2.28. The van der Waals surface area contributed by atoms with Gasteiger partial charge in [-0.1, -0.05) is 56.3 Å².